The lowest BCUT2D eigenvalue weighted by Crippen LogP contribution is -2.44. The minimum absolute atomic E-state index is 0.0396. The number of benzene rings is 1. The number of carbonyl (C=O) groups is 3. The number of amides is 3. The largest absolute Gasteiger partial charge is 0.423 e. The lowest BCUT2D eigenvalue weighted by molar-refractivity contribution is -0.121. The summed E-state index contributed by atoms with van der Waals surface area (Å²) in [5.41, 5.74) is 0.356. The Labute approximate surface area is 137 Å². The molecule has 2 atom stereocenters. The fourth-order valence-corrected chi connectivity index (χ4v) is 2.34. The first kappa shape index (κ1) is 17.1. The Hall–Kier alpha value is -2.29. The molecule has 124 valence electrons. The van der Waals surface area contributed by atoms with Crippen LogP contribution in [0.5, 0.6) is 0 Å². The third-order valence-electron chi connectivity index (χ3n) is 3.46. The molecule has 0 saturated carbocycles. The lowest BCUT2D eigenvalue weighted by atomic mass is 10.2. The molecule has 0 radical (unpaired) electrons. The number of anilines is 2. The van der Waals surface area contributed by atoms with Crippen molar-refractivity contribution in [2.45, 2.75) is 19.2 Å². The Morgan fingerprint density at radius 2 is 2.26 bits per heavy atom. The number of halogens is 1. The molecule has 1 aliphatic heterocycles. The zero-order valence-corrected chi connectivity index (χ0v) is 13.4. The van der Waals surface area contributed by atoms with Gasteiger partial charge in [0.2, 0.25) is 12.3 Å². The highest BCUT2D eigenvalue weighted by Gasteiger charge is 2.40. The van der Waals surface area contributed by atoms with Crippen LogP contribution in [0, 0.1) is 5.82 Å². The Morgan fingerprint density at radius 3 is 2.83 bits per heavy atom. The van der Waals surface area contributed by atoms with Gasteiger partial charge < -0.3 is 15.0 Å². The first-order valence-corrected chi connectivity index (χ1v) is 7.40. The molecule has 1 aromatic carbocycles. The predicted octanol–water partition coefficient (Wildman–Crippen LogP) is 1.14. The minimum atomic E-state index is -0.845. The van der Waals surface area contributed by atoms with Crippen LogP contribution in [-0.4, -0.2) is 43.5 Å². The standard InChI is InChI=1S/C14H16FN3O4S/c1-8-13(16-12(20)6-23)22-14(21)18(8)9-3-4-11(10(15)5-9)17(2)7-19/h3-5,7-8,13,23H,6H2,1-2H3,(H,16,20)/t8?,13-/m0/s1. The van der Waals surface area contributed by atoms with E-state index in [2.05, 4.69) is 17.9 Å². The number of hydrogen-bond donors (Lipinski definition) is 2. The van der Waals surface area contributed by atoms with E-state index in [0.717, 1.165) is 11.0 Å². The third-order valence-corrected chi connectivity index (χ3v) is 3.75. The molecule has 1 heterocycles. The normalized spacial score (nSPS) is 20.2. The van der Waals surface area contributed by atoms with Crippen LogP contribution >= 0.6 is 12.6 Å². The summed E-state index contributed by atoms with van der Waals surface area (Å²) in [5, 5.41) is 2.51. The summed E-state index contributed by atoms with van der Waals surface area (Å²) in [6.45, 7) is 1.66. The van der Waals surface area contributed by atoms with E-state index in [1.165, 1.54) is 24.1 Å². The van der Waals surface area contributed by atoms with Crippen LogP contribution < -0.4 is 15.1 Å². The van der Waals surface area contributed by atoms with Crippen LogP contribution in [0.4, 0.5) is 20.6 Å². The van der Waals surface area contributed by atoms with Crippen LogP contribution in [-0.2, 0) is 14.3 Å². The molecule has 1 aromatic rings. The topological polar surface area (TPSA) is 79.0 Å². The Balaban J connectivity index is 2.24. The van der Waals surface area contributed by atoms with Crippen LogP contribution in [0.3, 0.4) is 0 Å². The monoisotopic (exact) mass is 341 g/mol. The van der Waals surface area contributed by atoms with Crippen LogP contribution in [0.2, 0.25) is 0 Å². The molecule has 1 unspecified atom stereocenters. The van der Waals surface area contributed by atoms with E-state index in [1.54, 1.807) is 6.92 Å². The van der Waals surface area contributed by atoms with Gasteiger partial charge >= 0.3 is 6.09 Å². The summed E-state index contributed by atoms with van der Waals surface area (Å²) in [6.07, 6.45) is -1.06. The van der Waals surface area contributed by atoms with E-state index >= 15 is 0 Å². The second-order valence-corrected chi connectivity index (χ2v) is 5.31. The van der Waals surface area contributed by atoms with Crippen molar-refractivity contribution < 1.29 is 23.5 Å². The fraction of sp³-hybridized carbons (Fsp3) is 0.357. The van der Waals surface area contributed by atoms with Gasteiger partial charge in [0, 0.05) is 7.05 Å². The first-order valence-electron chi connectivity index (χ1n) is 6.76. The second-order valence-electron chi connectivity index (χ2n) is 4.99. The molecular weight excluding hydrogens is 325 g/mol. The maximum Gasteiger partial charge on any atom is 0.416 e. The lowest BCUT2D eigenvalue weighted by Gasteiger charge is -2.22. The molecule has 23 heavy (non-hydrogen) atoms. The van der Waals surface area contributed by atoms with E-state index in [4.69, 9.17) is 4.74 Å². The van der Waals surface area contributed by atoms with Crippen LogP contribution in [0.15, 0.2) is 18.2 Å². The molecule has 9 heteroatoms. The molecule has 1 fully saturated rings. The van der Waals surface area contributed by atoms with Crippen LogP contribution in [0.25, 0.3) is 0 Å². The molecule has 0 aliphatic carbocycles. The van der Waals surface area contributed by atoms with Crippen molar-refractivity contribution in [1.82, 2.24) is 5.32 Å². The highest BCUT2D eigenvalue weighted by Crippen LogP contribution is 2.29. The zero-order chi connectivity index (χ0) is 17.1. The smallest absolute Gasteiger partial charge is 0.416 e. The fourth-order valence-electron chi connectivity index (χ4n) is 2.25. The molecule has 1 saturated heterocycles. The maximum atomic E-state index is 14.1. The Morgan fingerprint density at radius 1 is 1.57 bits per heavy atom. The molecule has 2 rings (SSSR count). The summed E-state index contributed by atoms with van der Waals surface area (Å²) >= 11 is 3.84. The van der Waals surface area contributed by atoms with Crippen molar-refractivity contribution in [2.24, 2.45) is 0 Å². The number of cyclic esters (lactones) is 1. The molecule has 1 N–H and O–H groups in total. The average molecular weight is 341 g/mol. The minimum Gasteiger partial charge on any atom is -0.423 e. The Kier molecular flexibility index (Phi) is 5.09. The van der Waals surface area contributed by atoms with E-state index in [9.17, 15) is 18.8 Å². The van der Waals surface area contributed by atoms with E-state index in [1.807, 2.05) is 0 Å². The molecular formula is C14H16FN3O4S. The SMILES string of the molecule is CC1[C@@H](NC(=O)CS)OC(=O)N1c1ccc(N(C)C=O)c(F)c1. The molecule has 3 amide bonds. The van der Waals surface area contributed by atoms with Gasteiger partial charge in [-0.3, -0.25) is 14.5 Å². The van der Waals surface area contributed by atoms with Crippen LogP contribution in [0.1, 0.15) is 6.92 Å². The number of hydrogen-bond acceptors (Lipinski definition) is 5. The van der Waals surface area contributed by atoms with Crippen molar-refractivity contribution in [1.29, 1.82) is 0 Å². The van der Waals surface area contributed by atoms with Crippen molar-refractivity contribution in [3.8, 4) is 0 Å². The summed E-state index contributed by atoms with van der Waals surface area (Å²) < 4.78 is 19.2. The second kappa shape index (κ2) is 6.86. The van der Waals surface area contributed by atoms with Gasteiger partial charge in [0.25, 0.3) is 0 Å². The van der Waals surface area contributed by atoms with Crippen molar-refractivity contribution in [2.75, 3.05) is 22.6 Å². The van der Waals surface area contributed by atoms with Crippen molar-refractivity contribution >= 4 is 42.4 Å². The number of rotatable bonds is 5. The Bertz CT molecular complexity index is 642. The van der Waals surface area contributed by atoms with Gasteiger partial charge in [-0.1, -0.05) is 0 Å². The zero-order valence-electron chi connectivity index (χ0n) is 12.5. The maximum absolute atomic E-state index is 14.1. The molecule has 7 nitrogen and oxygen atoms in total. The van der Waals surface area contributed by atoms with Gasteiger partial charge in [-0.15, -0.1) is 0 Å². The van der Waals surface area contributed by atoms with Gasteiger partial charge in [-0.2, -0.15) is 12.6 Å². The van der Waals surface area contributed by atoms with E-state index in [0.29, 0.717) is 6.41 Å². The van der Waals surface area contributed by atoms with Gasteiger partial charge in [-0.25, -0.2) is 9.18 Å². The molecule has 0 spiro atoms. The average Bonchev–Trinajstić information content (AvgIpc) is 2.80. The summed E-state index contributed by atoms with van der Waals surface area (Å²) in [5.74, 6) is -1.07. The summed E-state index contributed by atoms with van der Waals surface area (Å²) in [7, 11) is 1.42. The highest BCUT2D eigenvalue weighted by atomic mass is 32.1. The summed E-state index contributed by atoms with van der Waals surface area (Å²) in [4.78, 5) is 36.4. The molecule has 0 aromatic heterocycles. The number of nitrogens with one attached hydrogen (secondary N) is 1. The number of thiol groups is 1. The van der Waals surface area contributed by atoms with Gasteiger partial charge in [0.15, 0.2) is 6.23 Å². The number of ether oxygens (including phenoxy) is 1. The molecule has 0 bridgehead atoms. The third kappa shape index (κ3) is 3.39. The molecule has 1 aliphatic rings. The quantitative estimate of drug-likeness (QED) is 0.622. The first-order chi connectivity index (χ1) is 10.9. The van der Waals surface area contributed by atoms with Crippen molar-refractivity contribution in [3.63, 3.8) is 0 Å². The van der Waals surface area contributed by atoms with Gasteiger partial charge in [0.1, 0.15) is 5.82 Å². The van der Waals surface area contributed by atoms with Crippen molar-refractivity contribution in [3.05, 3.63) is 24.0 Å². The van der Waals surface area contributed by atoms with E-state index < -0.39 is 24.2 Å². The predicted molar refractivity (Wildman–Crippen MR) is 85.1 cm³/mol. The van der Waals surface area contributed by atoms with Gasteiger partial charge in [0.05, 0.1) is 23.2 Å². The highest BCUT2D eigenvalue weighted by molar-refractivity contribution is 7.81. The van der Waals surface area contributed by atoms with Gasteiger partial charge in [-0.05, 0) is 25.1 Å². The van der Waals surface area contributed by atoms with E-state index in [-0.39, 0.29) is 23.0 Å². The number of nitrogens with zero attached hydrogens (tertiary/aromatic N) is 2. The number of carbonyl (C=O) groups excluding carboxylic acids is 3. The summed E-state index contributed by atoms with van der Waals surface area (Å²) in [6, 6.07) is 3.49.